The largest absolute Gasteiger partial charge is 0.207 e. The van der Waals surface area contributed by atoms with Crippen molar-refractivity contribution in [1.29, 1.82) is 0 Å². The van der Waals surface area contributed by atoms with Crippen LogP contribution < -0.4 is 0 Å². The molecule has 1 heteroatoms. The van der Waals surface area contributed by atoms with Gasteiger partial charge in [-0.1, -0.05) is 270 Å². The minimum Gasteiger partial charge on any atom is -0.207 e. The fraction of sp³-hybridized carbons (Fsp3) is 0.500. The molecule has 5 rings (SSSR count). The van der Waals surface area contributed by atoms with Crippen molar-refractivity contribution in [2.45, 2.75) is 192 Å². The monoisotopic (exact) mass is 831 g/mol. The van der Waals surface area contributed by atoms with E-state index in [2.05, 4.69) is 255 Å². The van der Waals surface area contributed by atoms with Crippen LogP contribution in [0.15, 0.2) is 127 Å². The molecule has 5 aromatic rings. The van der Waals surface area contributed by atoms with Crippen LogP contribution in [-0.2, 0) is 27.1 Å². The summed E-state index contributed by atoms with van der Waals surface area (Å²) in [5, 5.41) is 0. The molecule has 0 radical (unpaired) electrons. The molecule has 0 aliphatic carbocycles. The van der Waals surface area contributed by atoms with E-state index in [0.717, 1.165) is 5.56 Å². The van der Waals surface area contributed by atoms with Gasteiger partial charge in [0, 0.05) is 0 Å². The summed E-state index contributed by atoms with van der Waals surface area (Å²) < 4.78 is 12.7. The quantitative estimate of drug-likeness (QED) is 0.158. The lowest BCUT2D eigenvalue weighted by Gasteiger charge is -2.19. The van der Waals surface area contributed by atoms with E-state index in [-0.39, 0.29) is 27.5 Å². The van der Waals surface area contributed by atoms with Gasteiger partial charge in [0.2, 0.25) is 0 Å². The number of hydrogen-bond donors (Lipinski definition) is 0. The molecular formula is C60H91F. The molecule has 0 nitrogen and oxygen atoms in total. The fourth-order valence-corrected chi connectivity index (χ4v) is 5.86. The summed E-state index contributed by atoms with van der Waals surface area (Å²) in [6.45, 7) is 48.4. The van der Waals surface area contributed by atoms with Crippen molar-refractivity contribution >= 4 is 0 Å². The van der Waals surface area contributed by atoms with Gasteiger partial charge in [0.1, 0.15) is 5.82 Å². The second-order valence-electron chi connectivity index (χ2n) is 23.0. The van der Waals surface area contributed by atoms with Crippen molar-refractivity contribution in [2.24, 2.45) is 5.41 Å². The molecule has 0 atom stereocenters. The Morgan fingerprint density at radius 1 is 0.328 bits per heavy atom. The first-order chi connectivity index (χ1) is 27.7. The van der Waals surface area contributed by atoms with Crippen LogP contribution >= 0.6 is 0 Å². The number of hydrogen-bond acceptors (Lipinski definition) is 0. The Balaban J connectivity index is 0.000000712. The smallest absolute Gasteiger partial charge is 0.123 e. The predicted octanol–water partition coefficient (Wildman–Crippen LogP) is 18.8. The molecule has 0 heterocycles. The number of benzene rings is 5. The first-order valence-corrected chi connectivity index (χ1v) is 22.7. The lowest BCUT2D eigenvalue weighted by Crippen LogP contribution is -2.10. The summed E-state index contributed by atoms with van der Waals surface area (Å²) >= 11 is 0. The second-order valence-corrected chi connectivity index (χ2v) is 23.0. The summed E-state index contributed by atoms with van der Waals surface area (Å²) in [5.41, 5.74) is 12.4. The number of aryl methyl sites for hydroxylation is 3. The normalized spacial score (nSPS) is 11.7. The number of halogens is 1. The Kier molecular flexibility index (Phi) is 23.6. The van der Waals surface area contributed by atoms with Crippen molar-refractivity contribution in [3.63, 3.8) is 0 Å². The van der Waals surface area contributed by atoms with E-state index in [1.165, 1.54) is 57.9 Å². The highest BCUT2D eigenvalue weighted by atomic mass is 19.1. The molecule has 0 spiro atoms. The lowest BCUT2D eigenvalue weighted by molar-refractivity contribution is 0.373. The third-order valence-electron chi connectivity index (χ3n) is 10.0. The summed E-state index contributed by atoms with van der Waals surface area (Å²) in [5.74, 6) is -0.155. The van der Waals surface area contributed by atoms with Gasteiger partial charge in [-0.05, 0) is 99.6 Å². The van der Waals surface area contributed by atoms with Gasteiger partial charge in [-0.15, -0.1) is 0 Å². The van der Waals surface area contributed by atoms with Gasteiger partial charge in [-0.25, -0.2) is 4.39 Å². The van der Waals surface area contributed by atoms with Crippen molar-refractivity contribution < 1.29 is 4.39 Å². The Hall–Kier alpha value is -3.97. The van der Waals surface area contributed by atoms with Gasteiger partial charge >= 0.3 is 0 Å². The van der Waals surface area contributed by atoms with E-state index >= 15 is 0 Å². The highest BCUT2D eigenvalue weighted by Crippen LogP contribution is 2.25. The molecule has 0 saturated carbocycles. The Morgan fingerprint density at radius 2 is 0.639 bits per heavy atom. The maximum absolute atomic E-state index is 12.7. The van der Waals surface area contributed by atoms with Crippen LogP contribution in [-0.4, -0.2) is 0 Å². The van der Waals surface area contributed by atoms with Crippen LogP contribution in [0.1, 0.15) is 189 Å². The molecule has 0 fully saturated rings. The third-order valence-corrected chi connectivity index (χ3v) is 10.0. The zero-order chi connectivity index (χ0) is 47.5. The van der Waals surface area contributed by atoms with E-state index in [1.807, 2.05) is 6.07 Å². The molecule has 61 heavy (non-hydrogen) atoms. The van der Waals surface area contributed by atoms with Crippen LogP contribution in [0.4, 0.5) is 4.39 Å². The predicted molar refractivity (Wildman–Crippen MR) is 274 cm³/mol. The molecular weight excluding hydrogens is 740 g/mol. The van der Waals surface area contributed by atoms with E-state index in [0.29, 0.717) is 10.8 Å². The minimum atomic E-state index is -0.155. The summed E-state index contributed by atoms with van der Waals surface area (Å²) in [7, 11) is 0. The van der Waals surface area contributed by atoms with E-state index in [4.69, 9.17) is 0 Å². The van der Waals surface area contributed by atoms with Gasteiger partial charge in [-0.3, -0.25) is 0 Å². The minimum absolute atomic E-state index is 0.0437. The number of rotatable bonds is 1. The highest BCUT2D eigenvalue weighted by Gasteiger charge is 2.15. The van der Waals surface area contributed by atoms with Crippen LogP contribution in [0.5, 0.6) is 0 Å². The van der Waals surface area contributed by atoms with Crippen LogP contribution in [0.25, 0.3) is 0 Å². The summed E-state index contributed by atoms with van der Waals surface area (Å²) in [6, 6.07) is 43.5. The first kappa shape index (κ1) is 57.0. The van der Waals surface area contributed by atoms with Gasteiger partial charge < -0.3 is 0 Å². The Morgan fingerprint density at radius 3 is 0.869 bits per heavy atom. The molecule has 0 N–H and O–H groups in total. The van der Waals surface area contributed by atoms with E-state index in [9.17, 15) is 4.39 Å². The van der Waals surface area contributed by atoms with Crippen molar-refractivity contribution in [2.75, 3.05) is 0 Å². The fourth-order valence-electron chi connectivity index (χ4n) is 5.86. The van der Waals surface area contributed by atoms with Crippen LogP contribution in [0.2, 0.25) is 0 Å². The van der Waals surface area contributed by atoms with Gasteiger partial charge in [0.15, 0.2) is 0 Å². The molecule has 0 saturated heterocycles. The first-order valence-electron chi connectivity index (χ1n) is 22.7. The molecule has 0 aliphatic heterocycles. The van der Waals surface area contributed by atoms with Crippen molar-refractivity contribution in [3.8, 4) is 0 Å². The van der Waals surface area contributed by atoms with Gasteiger partial charge in [0.25, 0.3) is 0 Å². The van der Waals surface area contributed by atoms with Crippen LogP contribution in [0, 0.1) is 32.0 Å². The summed E-state index contributed by atoms with van der Waals surface area (Å²) in [4.78, 5) is 0. The maximum atomic E-state index is 12.7. The third kappa shape index (κ3) is 26.9. The lowest BCUT2D eigenvalue weighted by atomic mass is 9.86. The molecule has 0 aliphatic rings. The Bertz CT molecular complexity index is 1770. The van der Waals surface area contributed by atoms with Gasteiger partial charge in [-0.2, -0.15) is 0 Å². The molecule has 338 valence electrons. The average Bonchev–Trinajstić information content (AvgIpc) is 3.11. The molecule has 0 aromatic heterocycles. The topological polar surface area (TPSA) is 0 Å². The van der Waals surface area contributed by atoms with Crippen molar-refractivity contribution in [3.05, 3.63) is 178 Å². The molecule has 0 unspecified atom stereocenters. The molecule has 5 aromatic carbocycles. The maximum Gasteiger partial charge on any atom is 0.123 e. The standard InChI is InChI=1S/3C11H16.C10H13F.C10H14.C7H16/c2*1-9-5-7-10(8-6-9)11(2,3)4;1-9-6-5-7-10(8-9)11(2,3)4;1-10(2,3)8-5-4-6-9(11)7-8;1-10(2,3)9-7-5-4-6-8-9;1-5-6-7(2,3)4/h3*5-8H,1-4H3;4-7H,1-3H3;4-8H,1-3H3;5-6H2,1-4H3. The highest BCUT2D eigenvalue weighted by molar-refractivity contribution is 5.29. The average molecular weight is 831 g/mol. The van der Waals surface area contributed by atoms with E-state index < -0.39 is 0 Å². The van der Waals surface area contributed by atoms with Gasteiger partial charge in [0.05, 0.1) is 0 Å². The second kappa shape index (κ2) is 25.2. The van der Waals surface area contributed by atoms with E-state index in [1.54, 1.807) is 12.1 Å². The molecule has 0 bridgehead atoms. The zero-order valence-corrected chi connectivity index (χ0v) is 43.4. The zero-order valence-electron chi connectivity index (χ0n) is 43.4. The molecule has 0 amide bonds. The SMILES string of the molecule is CC(C)(C)c1cccc(F)c1.CC(C)(C)c1ccccc1.CCCC(C)(C)C.Cc1ccc(C(C)(C)C)cc1.Cc1ccc(C(C)(C)C)cc1.Cc1cccc(C(C)(C)C)c1. The Labute approximate surface area is 378 Å². The van der Waals surface area contributed by atoms with Crippen LogP contribution in [0.3, 0.4) is 0 Å². The summed E-state index contributed by atoms with van der Waals surface area (Å²) in [6.07, 6.45) is 2.65. The van der Waals surface area contributed by atoms with Crippen molar-refractivity contribution in [1.82, 2.24) is 0 Å².